The first-order valence-corrected chi connectivity index (χ1v) is 13.5. The van der Waals surface area contributed by atoms with E-state index in [1.165, 1.54) is 6.07 Å². The Kier molecular flexibility index (Phi) is 8.62. The number of aromatic nitrogens is 2. The molecule has 0 amide bonds. The zero-order chi connectivity index (χ0) is 25.4. The molecular formula is C12H16Cl2N3O13P3. The molecule has 1 fully saturated rings. The Labute approximate surface area is 194 Å². The van der Waals surface area contributed by atoms with Gasteiger partial charge in [-0.1, -0.05) is 17.5 Å². The minimum atomic E-state index is -5.78. The highest BCUT2D eigenvalue weighted by atomic mass is 35.5. The van der Waals surface area contributed by atoms with Gasteiger partial charge in [0.15, 0.2) is 11.1 Å². The van der Waals surface area contributed by atoms with E-state index in [0.717, 1.165) is 17.7 Å². The molecule has 186 valence electrons. The molecule has 1 aliphatic rings. The van der Waals surface area contributed by atoms with Gasteiger partial charge in [-0.25, -0.2) is 18.5 Å². The summed E-state index contributed by atoms with van der Waals surface area (Å²) in [4.78, 5) is 49.6. The van der Waals surface area contributed by atoms with Crippen molar-refractivity contribution in [2.45, 2.75) is 36.3 Å². The van der Waals surface area contributed by atoms with E-state index >= 15 is 0 Å². The van der Waals surface area contributed by atoms with Crippen molar-refractivity contribution in [3.63, 3.8) is 0 Å². The molecule has 1 saturated heterocycles. The van der Waals surface area contributed by atoms with Gasteiger partial charge in [0.05, 0.1) is 6.10 Å². The first-order chi connectivity index (χ1) is 14.9. The van der Waals surface area contributed by atoms with Crippen LogP contribution in [-0.4, -0.2) is 57.4 Å². The van der Waals surface area contributed by atoms with Crippen LogP contribution in [0.4, 0.5) is 5.82 Å². The first kappa shape index (κ1) is 28.4. The molecule has 1 aromatic rings. The fourth-order valence-electron chi connectivity index (χ4n) is 2.72. The maximum atomic E-state index is 12.2. The molecule has 0 saturated carbocycles. The number of phosphoric ester groups is 1. The molecule has 1 aromatic heterocycles. The minimum absolute atomic E-state index is 0.143. The maximum absolute atomic E-state index is 12.2. The van der Waals surface area contributed by atoms with E-state index < -0.39 is 58.6 Å². The minimum Gasteiger partial charge on any atom is -0.387 e. The summed E-state index contributed by atoms with van der Waals surface area (Å²) in [6.45, 7) is 1.03. The van der Waals surface area contributed by atoms with Crippen molar-refractivity contribution in [3.8, 4) is 11.3 Å². The van der Waals surface area contributed by atoms with Gasteiger partial charge in [-0.05, 0) is 24.6 Å². The van der Waals surface area contributed by atoms with Gasteiger partial charge in [0.1, 0.15) is 18.0 Å². The van der Waals surface area contributed by atoms with Crippen molar-refractivity contribution in [3.05, 3.63) is 22.7 Å². The summed E-state index contributed by atoms with van der Waals surface area (Å²) < 4.78 is 52.4. The summed E-state index contributed by atoms with van der Waals surface area (Å²) in [5.41, 5.74) is 4.46. The zero-order valence-electron chi connectivity index (χ0n) is 16.0. The molecule has 3 unspecified atom stereocenters. The number of aliphatic hydroxyl groups is 1. The Balaban J connectivity index is 2.31. The zero-order valence-corrected chi connectivity index (χ0v) is 20.2. The van der Waals surface area contributed by atoms with Gasteiger partial charge in [-0.3, -0.25) is 9.09 Å². The second kappa shape index (κ2) is 10.0. The third-order valence-corrected chi connectivity index (χ3v) is 8.43. The van der Waals surface area contributed by atoms with E-state index in [1.54, 1.807) is 0 Å². The van der Waals surface area contributed by atoms with Gasteiger partial charge in [-0.2, -0.15) is 13.6 Å². The van der Waals surface area contributed by atoms with Crippen molar-refractivity contribution in [2.24, 2.45) is 0 Å². The van der Waals surface area contributed by atoms with Gasteiger partial charge in [-0.15, -0.1) is 0 Å². The Morgan fingerprint density at radius 1 is 1.27 bits per heavy atom. The number of anilines is 1. The molecule has 0 radical (unpaired) electrons. The Bertz CT molecular complexity index is 1160. The van der Waals surface area contributed by atoms with Crippen molar-refractivity contribution in [2.75, 3.05) is 5.73 Å². The molecule has 16 nitrogen and oxygen atoms in total. The largest absolute Gasteiger partial charge is 0.490 e. The highest BCUT2D eigenvalue weighted by Crippen LogP contribution is 2.66. The molecule has 21 heteroatoms. The van der Waals surface area contributed by atoms with Gasteiger partial charge in [0.2, 0.25) is 0 Å². The number of alkyl halides is 1. The highest BCUT2D eigenvalue weighted by Gasteiger charge is 2.58. The fourth-order valence-corrected chi connectivity index (χ4v) is 6.46. The molecule has 0 spiro atoms. The quantitative estimate of drug-likeness (QED) is 0.136. The Morgan fingerprint density at radius 2 is 1.88 bits per heavy atom. The van der Waals surface area contributed by atoms with Crippen LogP contribution in [0.5, 0.6) is 0 Å². The van der Waals surface area contributed by atoms with Crippen LogP contribution in [0, 0.1) is 11.3 Å². The summed E-state index contributed by atoms with van der Waals surface area (Å²) in [5, 5.41) is 12.6. The second-order valence-electron chi connectivity index (χ2n) is 6.33. The lowest BCUT2D eigenvalue weighted by atomic mass is 9.97. The second-order valence-corrected chi connectivity index (χ2v) is 11.5. The molecule has 0 bridgehead atoms. The van der Waals surface area contributed by atoms with Crippen molar-refractivity contribution < 1.29 is 56.3 Å². The normalized spacial score (nSPS) is 30.0. The van der Waals surface area contributed by atoms with Crippen LogP contribution in [0.1, 0.15) is 13.2 Å². The average Bonchev–Trinajstić information content (AvgIpc) is 2.83. The molecule has 7 atom stereocenters. The number of nitrogens with two attached hydrogens (primary N) is 1. The lowest BCUT2D eigenvalue weighted by Gasteiger charge is -2.26. The maximum Gasteiger partial charge on any atom is 0.490 e. The summed E-state index contributed by atoms with van der Waals surface area (Å²) in [6, 6.07) is 1.20. The van der Waals surface area contributed by atoms with E-state index in [0.29, 0.717) is 0 Å². The fraction of sp³-hybridized carbons (Fsp3) is 0.500. The van der Waals surface area contributed by atoms with Crippen molar-refractivity contribution >= 4 is 52.5 Å². The number of phosphoric acid groups is 3. The van der Waals surface area contributed by atoms with E-state index in [2.05, 4.69) is 24.0 Å². The van der Waals surface area contributed by atoms with Crippen LogP contribution in [0.25, 0.3) is 0 Å². The lowest BCUT2D eigenvalue weighted by molar-refractivity contribution is -0.0749. The van der Waals surface area contributed by atoms with E-state index in [9.17, 15) is 33.4 Å². The van der Waals surface area contributed by atoms with Crippen LogP contribution < -0.4 is 11.4 Å². The van der Waals surface area contributed by atoms with Gasteiger partial charge in [0.25, 0.3) is 0 Å². The monoisotopic (exact) mass is 573 g/mol. The highest BCUT2D eigenvalue weighted by molar-refractivity contribution is 7.66. The standard InChI is InChI=1S/C12H16Cl2N3O13P3/c1-6(28-32(23,24)30-33(25,26)29-31(20,21)22)8-9(18)12(14,3-4-13)10(27-8)17-5-2-7(15)16-11(17)19/h2,5-6,8-10,18H,1H3,(H,23,24)(H,25,26)(H2,15,16,19)(H2,20,21,22)/t6-,8-,9+,10-,12?/m1/s1. The van der Waals surface area contributed by atoms with Crippen LogP contribution in [0.15, 0.2) is 17.1 Å². The Hall–Kier alpha value is -0.850. The molecule has 7 N–H and O–H groups in total. The predicted octanol–water partition coefficient (Wildman–Crippen LogP) is -0.00710. The van der Waals surface area contributed by atoms with Gasteiger partial charge >= 0.3 is 29.2 Å². The lowest BCUT2D eigenvalue weighted by Crippen LogP contribution is -2.45. The first-order valence-electron chi connectivity index (χ1n) is 8.23. The van der Waals surface area contributed by atoms with Crippen LogP contribution in [0.3, 0.4) is 0 Å². The third kappa shape index (κ3) is 7.08. The predicted molar refractivity (Wildman–Crippen MR) is 109 cm³/mol. The van der Waals surface area contributed by atoms with Gasteiger partial charge < -0.3 is 35.2 Å². The van der Waals surface area contributed by atoms with Crippen LogP contribution in [-0.2, 0) is 31.6 Å². The third-order valence-electron chi connectivity index (χ3n) is 3.91. The number of aliphatic hydroxyl groups excluding tert-OH is 1. The van der Waals surface area contributed by atoms with Crippen molar-refractivity contribution in [1.29, 1.82) is 0 Å². The van der Waals surface area contributed by atoms with E-state index in [-0.39, 0.29) is 5.82 Å². The molecule has 0 aliphatic carbocycles. The number of rotatable bonds is 8. The molecule has 1 aliphatic heterocycles. The van der Waals surface area contributed by atoms with E-state index in [1.807, 2.05) is 5.38 Å². The molecule has 2 heterocycles. The number of halogens is 2. The summed E-state index contributed by atoms with van der Waals surface area (Å²) in [5.74, 6) is 2.11. The summed E-state index contributed by atoms with van der Waals surface area (Å²) >= 11 is 11.8. The van der Waals surface area contributed by atoms with E-state index in [4.69, 9.17) is 43.5 Å². The Morgan fingerprint density at radius 3 is 2.39 bits per heavy atom. The van der Waals surface area contributed by atoms with Gasteiger partial charge in [0, 0.05) is 11.6 Å². The molecule has 33 heavy (non-hydrogen) atoms. The summed E-state index contributed by atoms with van der Waals surface area (Å²) in [7, 11) is -17.0. The molecular weight excluding hydrogens is 558 g/mol. The number of ether oxygens (including phenoxy) is 1. The number of nitrogens with zero attached hydrogens (tertiary/aromatic N) is 2. The van der Waals surface area contributed by atoms with Crippen LogP contribution >= 0.6 is 46.7 Å². The summed E-state index contributed by atoms with van der Waals surface area (Å²) in [6.07, 6.45) is -5.65. The molecule has 0 aromatic carbocycles. The SMILES string of the molecule is C[C@@H](OP(=O)(O)OP(=O)(O)OP(=O)(O)O)[C@H]1O[C@@H](n2ccc(N)nc2=O)C(Cl)(C#CCl)[C@H]1O. The van der Waals surface area contributed by atoms with Crippen LogP contribution in [0.2, 0.25) is 0 Å². The molecule has 2 rings (SSSR count). The number of nitrogen functional groups attached to an aromatic ring is 1. The number of hydrogen-bond acceptors (Lipinski definition) is 11. The average molecular weight is 574 g/mol. The topological polar surface area (TPSA) is 250 Å². The smallest absolute Gasteiger partial charge is 0.387 e. The number of hydrogen-bond donors (Lipinski definition) is 6. The van der Waals surface area contributed by atoms with Crippen molar-refractivity contribution in [1.82, 2.24) is 9.55 Å².